The molecule has 78 valence electrons. The minimum absolute atomic E-state index is 0.357. The zero-order chi connectivity index (χ0) is 10.7. The van der Waals surface area contributed by atoms with Gasteiger partial charge in [0.05, 0.1) is 13.2 Å². The Morgan fingerprint density at radius 3 is 2.86 bits per heavy atom. The number of nitrogens with zero attached hydrogens (tertiary/aromatic N) is 1. The fourth-order valence-electron chi connectivity index (χ4n) is 1.39. The third-order valence-corrected chi connectivity index (χ3v) is 1.99. The average Bonchev–Trinajstić information content (AvgIpc) is 2.44. The first-order valence-electron chi connectivity index (χ1n) is 4.46. The summed E-state index contributed by atoms with van der Waals surface area (Å²) in [7, 11) is 3.13. The second kappa shape index (κ2) is 4.28. The van der Waals surface area contributed by atoms with Crippen molar-refractivity contribution >= 4 is 5.97 Å². The lowest BCUT2D eigenvalue weighted by atomic mass is 10.1. The molecule has 0 unspecified atom stereocenters. The number of ether oxygens (including phenoxy) is 1. The van der Waals surface area contributed by atoms with Gasteiger partial charge in [-0.3, -0.25) is 0 Å². The summed E-state index contributed by atoms with van der Waals surface area (Å²) >= 11 is 0. The van der Waals surface area contributed by atoms with Gasteiger partial charge in [-0.05, 0) is 25.0 Å². The van der Waals surface area contributed by atoms with Gasteiger partial charge in [0.15, 0.2) is 0 Å². The lowest BCUT2D eigenvalue weighted by molar-refractivity contribution is 0.0590. The topological polar surface area (TPSA) is 51.5 Å². The number of aryl methyl sites for hydroxylation is 1. The highest BCUT2D eigenvalue weighted by Gasteiger charge is 2.12. The third-order valence-electron chi connectivity index (χ3n) is 1.99. The van der Waals surface area contributed by atoms with E-state index >= 15 is 0 Å². The Bertz CT molecular complexity index is 328. The van der Waals surface area contributed by atoms with E-state index in [1.54, 1.807) is 24.6 Å². The number of esters is 1. The molecule has 0 aromatic carbocycles. The minimum Gasteiger partial charge on any atom is -0.464 e. The number of hydrogen-bond donors (Lipinski definition) is 1. The van der Waals surface area contributed by atoms with E-state index in [9.17, 15) is 9.90 Å². The van der Waals surface area contributed by atoms with E-state index in [2.05, 4.69) is 4.74 Å². The summed E-state index contributed by atoms with van der Waals surface area (Å²) in [5, 5.41) is 9.18. The molecule has 14 heavy (non-hydrogen) atoms. The maximum absolute atomic E-state index is 11.2. The van der Waals surface area contributed by atoms with Crippen molar-refractivity contribution in [3.63, 3.8) is 0 Å². The molecule has 0 aliphatic rings. The van der Waals surface area contributed by atoms with Crippen LogP contribution < -0.4 is 0 Å². The van der Waals surface area contributed by atoms with Crippen molar-refractivity contribution in [3.8, 4) is 0 Å². The van der Waals surface area contributed by atoms with E-state index in [-0.39, 0.29) is 5.97 Å². The van der Waals surface area contributed by atoms with Crippen molar-refractivity contribution in [1.82, 2.24) is 4.57 Å². The predicted octanol–water partition coefficient (Wildman–Crippen LogP) is 0.735. The smallest absolute Gasteiger partial charge is 0.354 e. The third kappa shape index (κ3) is 2.35. The van der Waals surface area contributed by atoms with Crippen LogP contribution in [0.5, 0.6) is 0 Å². The van der Waals surface area contributed by atoms with Crippen molar-refractivity contribution in [1.29, 1.82) is 0 Å². The number of carbonyl (C=O) groups excluding carboxylic acids is 1. The largest absolute Gasteiger partial charge is 0.464 e. The van der Waals surface area contributed by atoms with Crippen LogP contribution in [0.3, 0.4) is 0 Å². The molecular weight excluding hydrogens is 182 g/mol. The zero-order valence-corrected chi connectivity index (χ0v) is 8.65. The summed E-state index contributed by atoms with van der Waals surface area (Å²) in [5.41, 5.74) is 1.44. The van der Waals surface area contributed by atoms with E-state index < -0.39 is 6.10 Å². The van der Waals surface area contributed by atoms with Crippen LogP contribution in [0.2, 0.25) is 0 Å². The quantitative estimate of drug-likeness (QED) is 0.727. The molecule has 1 aromatic rings. The van der Waals surface area contributed by atoms with Crippen LogP contribution in [-0.2, 0) is 18.2 Å². The van der Waals surface area contributed by atoms with E-state index in [0.29, 0.717) is 12.1 Å². The normalized spacial score (nSPS) is 12.6. The Morgan fingerprint density at radius 2 is 2.36 bits per heavy atom. The number of aromatic nitrogens is 1. The monoisotopic (exact) mass is 197 g/mol. The summed E-state index contributed by atoms with van der Waals surface area (Å²) in [6.45, 7) is 1.71. The van der Waals surface area contributed by atoms with Gasteiger partial charge in [0.25, 0.3) is 0 Å². The Labute approximate surface area is 83.1 Å². The zero-order valence-electron chi connectivity index (χ0n) is 8.65. The van der Waals surface area contributed by atoms with Crippen LogP contribution in [0.25, 0.3) is 0 Å². The average molecular weight is 197 g/mol. The van der Waals surface area contributed by atoms with E-state index in [0.717, 1.165) is 5.56 Å². The molecular formula is C10H15NO3. The molecule has 0 aliphatic heterocycles. The van der Waals surface area contributed by atoms with Gasteiger partial charge in [0, 0.05) is 13.2 Å². The van der Waals surface area contributed by atoms with Crippen molar-refractivity contribution in [3.05, 3.63) is 23.5 Å². The second-order valence-electron chi connectivity index (χ2n) is 3.39. The van der Waals surface area contributed by atoms with Crippen molar-refractivity contribution < 1.29 is 14.6 Å². The van der Waals surface area contributed by atoms with Crippen LogP contribution in [0.1, 0.15) is 23.0 Å². The number of hydrogen-bond acceptors (Lipinski definition) is 3. The highest BCUT2D eigenvalue weighted by molar-refractivity contribution is 5.87. The molecule has 1 rings (SSSR count). The molecule has 0 spiro atoms. The fourth-order valence-corrected chi connectivity index (χ4v) is 1.39. The summed E-state index contributed by atoms with van der Waals surface area (Å²) in [6, 6.07) is 1.73. The van der Waals surface area contributed by atoms with Crippen LogP contribution in [-0.4, -0.2) is 28.9 Å². The molecule has 1 atom stereocenters. The summed E-state index contributed by atoms with van der Waals surface area (Å²) in [4.78, 5) is 11.2. The predicted molar refractivity (Wildman–Crippen MR) is 52.1 cm³/mol. The molecule has 0 amide bonds. The molecule has 1 heterocycles. The van der Waals surface area contributed by atoms with Crippen molar-refractivity contribution in [2.24, 2.45) is 7.05 Å². The molecule has 0 bridgehead atoms. The summed E-state index contributed by atoms with van der Waals surface area (Å²) in [5.74, 6) is -0.357. The molecule has 0 fully saturated rings. The first-order chi connectivity index (χ1) is 6.54. The first-order valence-corrected chi connectivity index (χ1v) is 4.46. The highest BCUT2D eigenvalue weighted by atomic mass is 16.5. The van der Waals surface area contributed by atoms with Gasteiger partial charge in [0.1, 0.15) is 5.69 Å². The van der Waals surface area contributed by atoms with Gasteiger partial charge in [-0.15, -0.1) is 0 Å². The SMILES string of the molecule is COC(=O)c1cc(C[C@H](C)O)cn1C. The number of rotatable bonds is 3. The highest BCUT2D eigenvalue weighted by Crippen LogP contribution is 2.10. The van der Waals surface area contributed by atoms with Crippen LogP contribution in [0.15, 0.2) is 12.3 Å². The van der Waals surface area contributed by atoms with Crippen molar-refractivity contribution in [2.45, 2.75) is 19.4 Å². The molecule has 0 saturated carbocycles. The molecule has 4 nitrogen and oxygen atoms in total. The Morgan fingerprint density at radius 1 is 1.71 bits per heavy atom. The Balaban J connectivity index is 2.87. The molecule has 1 N–H and O–H groups in total. The van der Waals surface area contributed by atoms with Crippen LogP contribution in [0, 0.1) is 0 Å². The van der Waals surface area contributed by atoms with E-state index in [1.165, 1.54) is 7.11 Å². The maximum Gasteiger partial charge on any atom is 0.354 e. The van der Waals surface area contributed by atoms with Gasteiger partial charge >= 0.3 is 5.97 Å². The fraction of sp³-hybridized carbons (Fsp3) is 0.500. The van der Waals surface area contributed by atoms with Gasteiger partial charge in [0.2, 0.25) is 0 Å². The lowest BCUT2D eigenvalue weighted by Crippen LogP contribution is -2.06. The van der Waals surface area contributed by atoms with Gasteiger partial charge in [-0.1, -0.05) is 0 Å². The Kier molecular flexibility index (Phi) is 3.30. The van der Waals surface area contributed by atoms with E-state index in [1.807, 2.05) is 6.20 Å². The van der Waals surface area contributed by atoms with Gasteiger partial charge in [-0.2, -0.15) is 0 Å². The number of aliphatic hydroxyl groups is 1. The lowest BCUT2D eigenvalue weighted by Gasteiger charge is -1.98. The molecule has 0 aliphatic carbocycles. The van der Waals surface area contributed by atoms with Gasteiger partial charge in [-0.25, -0.2) is 4.79 Å². The number of aliphatic hydroxyl groups excluding tert-OH is 1. The molecule has 0 radical (unpaired) electrons. The second-order valence-corrected chi connectivity index (χ2v) is 3.39. The maximum atomic E-state index is 11.2. The molecule has 0 saturated heterocycles. The first kappa shape index (κ1) is 10.8. The molecule has 4 heteroatoms. The standard InChI is InChI=1S/C10H15NO3/c1-7(12)4-8-5-9(10(13)14-3)11(2)6-8/h5-7,12H,4H2,1-3H3/t7-/m0/s1. The Hall–Kier alpha value is -1.29. The summed E-state index contributed by atoms with van der Waals surface area (Å²) < 4.78 is 6.31. The van der Waals surface area contributed by atoms with Crippen LogP contribution >= 0.6 is 0 Å². The number of carbonyl (C=O) groups is 1. The number of methoxy groups -OCH3 is 1. The minimum atomic E-state index is -0.400. The van der Waals surface area contributed by atoms with Crippen LogP contribution in [0.4, 0.5) is 0 Å². The molecule has 1 aromatic heterocycles. The van der Waals surface area contributed by atoms with Crippen molar-refractivity contribution in [2.75, 3.05) is 7.11 Å². The summed E-state index contributed by atoms with van der Waals surface area (Å²) in [6.07, 6.45) is 1.96. The van der Waals surface area contributed by atoms with Gasteiger partial charge < -0.3 is 14.4 Å². The van der Waals surface area contributed by atoms with E-state index in [4.69, 9.17) is 0 Å².